The minimum atomic E-state index is -0.470. The maximum absolute atomic E-state index is 11.7. The number of rotatable bonds is 6. The first-order valence-electron chi connectivity index (χ1n) is 8.07. The van der Waals surface area contributed by atoms with Crippen LogP contribution in [0.4, 0.5) is 11.5 Å². The van der Waals surface area contributed by atoms with Crippen LogP contribution in [0.1, 0.15) is 15.9 Å². The number of aromatic nitrogens is 1. The van der Waals surface area contributed by atoms with Crippen LogP contribution in [0.5, 0.6) is 5.88 Å². The molecule has 2 heterocycles. The van der Waals surface area contributed by atoms with Gasteiger partial charge < -0.3 is 19.7 Å². The molecule has 6 nitrogen and oxygen atoms in total. The van der Waals surface area contributed by atoms with Crippen molar-refractivity contribution in [2.75, 3.05) is 37.5 Å². The van der Waals surface area contributed by atoms with Gasteiger partial charge in [-0.05, 0) is 29.8 Å². The Kier molecular flexibility index (Phi) is 5.18. The van der Waals surface area contributed by atoms with Gasteiger partial charge in [0.2, 0.25) is 5.88 Å². The summed E-state index contributed by atoms with van der Waals surface area (Å²) in [5, 5.41) is 3.24. The summed E-state index contributed by atoms with van der Waals surface area (Å²) in [4.78, 5) is 18.3. The lowest BCUT2D eigenvalue weighted by Crippen LogP contribution is -2.18. The van der Waals surface area contributed by atoms with E-state index in [1.54, 1.807) is 12.1 Å². The van der Waals surface area contributed by atoms with Gasteiger partial charge in [-0.15, -0.1) is 0 Å². The average molecular weight is 339 g/mol. The maximum Gasteiger partial charge on any atom is 0.343 e. The van der Waals surface area contributed by atoms with Crippen LogP contribution in [-0.2, 0) is 11.3 Å². The summed E-state index contributed by atoms with van der Waals surface area (Å²) in [6.07, 6.45) is 4.35. The molecule has 2 aromatic rings. The predicted molar refractivity (Wildman–Crippen MR) is 97.3 cm³/mol. The third-order valence-electron chi connectivity index (χ3n) is 4.05. The molecule has 130 valence electrons. The Morgan fingerprint density at radius 1 is 1.12 bits per heavy atom. The van der Waals surface area contributed by atoms with Crippen LogP contribution in [-0.4, -0.2) is 38.3 Å². The van der Waals surface area contributed by atoms with E-state index in [9.17, 15) is 4.79 Å². The van der Waals surface area contributed by atoms with Crippen molar-refractivity contribution in [2.24, 2.45) is 0 Å². The summed E-state index contributed by atoms with van der Waals surface area (Å²) in [6, 6.07) is 11.8. The highest BCUT2D eigenvalue weighted by Crippen LogP contribution is 2.21. The minimum absolute atomic E-state index is 0.244. The van der Waals surface area contributed by atoms with Gasteiger partial charge in [0.25, 0.3) is 0 Å². The van der Waals surface area contributed by atoms with Crippen molar-refractivity contribution in [3.8, 4) is 5.88 Å². The van der Waals surface area contributed by atoms with Crippen LogP contribution in [0, 0.1) is 0 Å². The van der Waals surface area contributed by atoms with Crippen LogP contribution in [0.25, 0.3) is 0 Å². The topological polar surface area (TPSA) is 63.7 Å². The van der Waals surface area contributed by atoms with E-state index in [1.807, 2.05) is 0 Å². The number of carbonyl (C=O) groups is 1. The molecule has 1 aromatic heterocycles. The molecule has 0 spiro atoms. The fourth-order valence-corrected chi connectivity index (χ4v) is 2.67. The van der Waals surface area contributed by atoms with Crippen LogP contribution < -0.4 is 15.0 Å². The number of benzene rings is 1. The quantitative estimate of drug-likeness (QED) is 0.645. The highest BCUT2D eigenvalue weighted by Gasteiger charge is 2.14. The van der Waals surface area contributed by atoms with Crippen molar-refractivity contribution in [3.05, 3.63) is 59.7 Å². The molecule has 1 aromatic carbocycles. The van der Waals surface area contributed by atoms with E-state index in [2.05, 4.69) is 51.6 Å². The molecule has 3 rings (SSSR count). The Morgan fingerprint density at radius 2 is 1.84 bits per heavy atom. The minimum Gasteiger partial charge on any atom is -0.480 e. The Bertz CT molecular complexity index is 764. The van der Waals surface area contributed by atoms with Crippen molar-refractivity contribution < 1.29 is 14.3 Å². The zero-order valence-electron chi connectivity index (χ0n) is 14.4. The van der Waals surface area contributed by atoms with E-state index in [-0.39, 0.29) is 5.88 Å². The molecule has 0 aliphatic carbocycles. The van der Waals surface area contributed by atoms with E-state index in [0.717, 1.165) is 18.7 Å². The number of nitrogens with zero attached hydrogens (tertiary/aromatic N) is 2. The first kappa shape index (κ1) is 16.8. The molecule has 0 saturated heterocycles. The molecule has 0 amide bonds. The van der Waals surface area contributed by atoms with Crippen LogP contribution >= 0.6 is 0 Å². The molecule has 1 N–H and O–H groups in total. The van der Waals surface area contributed by atoms with Gasteiger partial charge in [0.1, 0.15) is 11.4 Å². The van der Waals surface area contributed by atoms with Crippen molar-refractivity contribution in [1.82, 2.24) is 4.98 Å². The summed E-state index contributed by atoms with van der Waals surface area (Å²) >= 11 is 0. The molecular formula is C19H21N3O3. The summed E-state index contributed by atoms with van der Waals surface area (Å²) in [6.45, 7) is 2.56. The van der Waals surface area contributed by atoms with Gasteiger partial charge in [0.15, 0.2) is 0 Å². The van der Waals surface area contributed by atoms with Crippen molar-refractivity contribution in [3.63, 3.8) is 0 Å². The van der Waals surface area contributed by atoms with Gasteiger partial charge in [-0.1, -0.05) is 24.3 Å². The lowest BCUT2D eigenvalue weighted by Gasteiger charge is -2.18. The van der Waals surface area contributed by atoms with Crippen molar-refractivity contribution in [2.45, 2.75) is 6.54 Å². The van der Waals surface area contributed by atoms with E-state index in [0.29, 0.717) is 17.9 Å². The molecule has 1 aliphatic rings. The largest absolute Gasteiger partial charge is 0.480 e. The van der Waals surface area contributed by atoms with E-state index < -0.39 is 5.97 Å². The maximum atomic E-state index is 11.7. The van der Waals surface area contributed by atoms with Gasteiger partial charge in [0, 0.05) is 25.3 Å². The second kappa shape index (κ2) is 7.70. The standard InChI is InChI=1S/C19H21N3O3/c1-24-18-16(19(23)25-2)9-10-17(21-18)20-13-14-5-7-15(8-6-14)22-11-3-4-12-22/h3-10H,11-13H2,1-2H3,(H,20,21). The normalized spacial score (nSPS) is 13.0. The molecule has 0 saturated carbocycles. The zero-order valence-corrected chi connectivity index (χ0v) is 14.4. The number of esters is 1. The molecule has 25 heavy (non-hydrogen) atoms. The second-order valence-corrected chi connectivity index (χ2v) is 5.64. The zero-order chi connectivity index (χ0) is 17.6. The number of anilines is 2. The number of nitrogens with one attached hydrogen (secondary N) is 1. The Hall–Kier alpha value is -3.02. The highest BCUT2D eigenvalue weighted by molar-refractivity contribution is 5.92. The van der Waals surface area contributed by atoms with Crippen molar-refractivity contribution in [1.29, 1.82) is 0 Å². The lowest BCUT2D eigenvalue weighted by atomic mass is 10.2. The van der Waals surface area contributed by atoms with Crippen LogP contribution in [0.15, 0.2) is 48.6 Å². The first-order chi connectivity index (χ1) is 12.2. The molecule has 0 radical (unpaired) electrons. The summed E-state index contributed by atoms with van der Waals surface area (Å²) in [5.74, 6) is 0.411. The third-order valence-corrected chi connectivity index (χ3v) is 4.05. The Balaban J connectivity index is 1.64. The third kappa shape index (κ3) is 3.91. The van der Waals surface area contributed by atoms with Crippen molar-refractivity contribution >= 4 is 17.5 Å². The summed E-state index contributed by atoms with van der Waals surface area (Å²) in [5.41, 5.74) is 2.67. The molecule has 0 unspecified atom stereocenters. The monoisotopic (exact) mass is 339 g/mol. The lowest BCUT2D eigenvalue weighted by molar-refractivity contribution is 0.0596. The van der Waals surface area contributed by atoms with Gasteiger partial charge in [-0.3, -0.25) is 0 Å². The number of methoxy groups -OCH3 is 2. The summed E-state index contributed by atoms with van der Waals surface area (Å²) in [7, 11) is 2.81. The Morgan fingerprint density at radius 3 is 2.48 bits per heavy atom. The number of pyridine rings is 1. The summed E-state index contributed by atoms with van der Waals surface area (Å²) < 4.78 is 9.88. The fraction of sp³-hybridized carbons (Fsp3) is 0.263. The average Bonchev–Trinajstić information content (AvgIpc) is 3.20. The van der Waals surface area contributed by atoms with E-state index >= 15 is 0 Å². The fourth-order valence-electron chi connectivity index (χ4n) is 2.67. The van der Waals surface area contributed by atoms with Gasteiger partial charge in [-0.2, -0.15) is 4.98 Å². The number of ether oxygens (including phenoxy) is 2. The number of carbonyl (C=O) groups excluding carboxylic acids is 1. The van der Waals surface area contributed by atoms with Gasteiger partial charge in [0.05, 0.1) is 14.2 Å². The number of hydrogen-bond acceptors (Lipinski definition) is 6. The SMILES string of the molecule is COC(=O)c1ccc(NCc2ccc(N3CC=CC3)cc2)nc1OC. The molecule has 0 bridgehead atoms. The van der Waals surface area contributed by atoms with E-state index in [1.165, 1.54) is 19.9 Å². The molecular weight excluding hydrogens is 318 g/mol. The van der Waals surface area contributed by atoms with Crippen LogP contribution in [0.2, 0.25) is 0 Å². The predicted octanol–water partition coefficient (Wildman–Crippen LogP) is 2.87. The Labute approximate surface area is 147 Å². The molecule has 6 heteroatoms. The van der Waals surface area contributed by atoms with Crippen LogP contribution in [0.3, 0.4) is 0 Å². The van der Waals surface area contributed by atoms with E-state index in [4.69, 9.17) is 9.47 Å². The van der Waals surface area contributed by atoms with Gasteiger partial charge in [-0.25, -0.2) is 4.79 Å². The van der Waals surface area contributed by atoms with Gasteiger partial charge >= 0.3 is 5.97 Å². The number of hydrogen-bond donors (Lipinski definition) is 1. The highest BCUT2D eigenvalue weighted by atomic mass is 16.5. The first-order valence-corrected chi connectivity index (χ1v) is 8.07. The molecule has 0 atom stereocenters. The molecule has 1 aliphatic heterocycles. The smallest absolute Gasteiger partial charge is 0.343 e. The molecule has 0 fully saturated rings. The second-order valence-electron chi connectivity index (χ2n) is 5.64.